The van der Waals surface area contributed by atoms with Crippen LogP contribution in [0.2, 0.25) is 5.02 Å². The van der Waals surface area contributed by atoms with E-state index in [9.17, 15) is 14.5 Å². The Hall–Kier alpha value is -0.850. The van der Waals surface area contributed by atoms with Gasteiger partial charge < -0.3 is 5.11 Å². The van der Waals surface area contributed by atoms with E-state index in [0.29, 0.717) is 5.75 Å². The first kappa shape index (κ1) is 14.2. The molecule has 0 heterocycles. The van der Waals surface area contributed by atoms with Crippen LogP contribution in [-0.4, -0.2) is 22.4 Å². The molecule has 0 aliphatic carbocycles. The van der Waals surface area contributed by atoms with Crippen LogP contribution in [0.3, 0.4) is 0 Å². The lowest BCUT2D eigenvalue weighted by Gasteiger charge is -2.08. The van der Waals surface area contributed by atoms with Crippen LogP contribution in [0, 0.1) is 21.8 Å². The SMILES string of the molecule is CC(CO)CSc1cc(F)c(Cl)cc1[N+](=O)[O-]. The molecule has 0 bridgehead atoms. The predicted octanol–water partition coefficient (Wildman–Crippen LogP) is 3.11. The molecule has 0 aliphatic rings. The number of benzene rings is 1. The topological polar surface area (TPSA) is 63.4 Å². The molecular formula is C10H11ClFNO3S. The van der Waals surface area contributed by atoms with Crippen LogP contribution in [0.25, 0.3) is 0 Å². The van der Waals surface area contributed by atoms with E-state index in [-0.39, 0.29) is 28.1 Å². The first-order valence-corrected chi connectivity index (χ1v) is 6.19. The Morgan fingerprint density at radius 3 is 2.82 bits per heavy atom. The molecule has 0 fully saturated rings. The highest BCUT2D eigenvalue weighted by Gasteiger charge is 2.18. The number of rotatable bonds is 5. The highest BCUT2D eigenvalue weighted by molar-refractivity contribution is 7.99. The Morgan fingerprint density at radius 1 is 1.65 bits per heavy atom. The fourth-order valence-corrected chi connectivity index (χ4v) is 2.26. The van der Waals surface area contributed by atoms with E-state index < -0.39 is 10.7 Å². The first-order chi connectivity index (χ1) is 7.95. The van der Waals surface area contributed by atoms with Gasteiger partial charge in [-0.25, -0.2) is 4.39 Å². The summed E-state index contributed by atoms with van der Waals surface area (Å²) in [6.45, 7) is 1.78. The lowest BCUT2D eigenvalue weighted by Crippen LogP contribution is -2.04. The third-order valence-corrected chi connectivity index (χ3v) is 3.70. The number of thioether (sulfide) groups is 1. The van der Waals surface area contributed by atoms with Gasteiger partial charge in [-0.3, -0.25) is 10.1 Å². The molecule has 1 aromatic carbocycles. The molecule has 1 N–H and O–H groups in total. The normalized spacial score (nSPS) is 12.5. The predicted molar refractivity (Wildman–Crippen MR) is 65.0 cm³/mol. The first-order valence-electron chi connectivity index (χ1n) is 4.82. The minimum Gasteiger partial charge on any atom is -0.396 e. The molecule has 0 amide bonds. The second-order valence-corrected chi connectivity index (χ2v) is 5.06. The number of nitro groups is 1. The Labute approximate surface area is 107 Å². The van der Waals surface area contributed by atoms with E-state index in [2.05, 4.69) is 0 Å². The van der Waals surface area contributed by atoms with Crippen molar-refractivity contribution >= 4 is 29.1 Å². The summed E-state index contributed by atoms with van der Waals surface area (Å²) in [5.74, 6) is -0.229. The zero-order valence-corrected chi connectivity index (χ0v) is 10.6. The summed E-state index contributed by atoms with van der Waals surface area (Å²) < 4.78 is 13.2. The molecule has 0 saturated carbocycles. The summed E-state index contributed by atoms with van der Waals surface area (Å²) in [6.07, 6.45) is 0. The summed E-state index contributed by atoms with van der Waals surface area (Å²) in [5, 5.41) is 19.3. The molecule has 1 unspecified atom stereocenters. The van der Waals surface area contributed by atoms with E-state index in [1.165, 1.54) is 0 Å². The number of hydrogen-bond acceptors (Lipinski definition) is 4. The third-order valence-electron chi connectivity index (χ3n) is 2.03. The highest BCUT2D eigenvalue weighted by atomic mass is 35.5. The van der Waals surface area contributed by atoms with Gasteiger partial charge in [-0.15, -0.1) is 11.8 Å². The Balaban J connectivity index is 2.96. The zero-order chi connectivity index (χ0) is 13.0. The van der Waals surface area contributed by atoms with Gasteiger partial charge in [0.2, 0.25) is 0 Å². The Kier molecular flexibility index (Phi) is 5.17. The molecule has 1 rings (SSSR count). The summed E-state index contributed by atoms with van der Waals surface area (Å²) in [7, 11) is 0. The van der Waals surface area contributed by atoms with E-state index in [1.54, 1.807) is 6.92 Å². The van der Waals surface area contributed by atoms with Crippen molar-refractivity contribution in [2.75, 3.05) is 12.4 Å². The van der Waals surface area contributed by atoms with Gasteiger partial charge in [0.1, 0.15) is 5.82 Å². The molecule has 0 aliphatic heterocycles. The summed E-state index contributed by atoms with van der Waals surface area (Å²) >= 11 is 6.62. The van der Waals surface area contributed by atoms with Gasteiger partial charge in [-0.2, -0.15) is 0 Å². The van der Waals surface area contributed by atoms with Gasteiger partial charge >= 0.3 is 0 Å². The fourth-order valence-electron chi connectivity index (χ4n) is 1.06. The van der Waals surface area contributed by atoms with Crippen molar-refractivity contribution in [2.45, 2.75) is 11.8 Å². The maximum absolute atomic E-state index is 13.2. The van der Waals surface area contributed by atoms with Crippen molar-refractivity contribution < 1.29 is 14.4 Å². The van der Waals surface area contributed by atoms with Gasteiger partial charge in [-0.05, 0) is 12.0 Å². The number of aliphatic hydroxyl groups excluding tert-OH is 1. The summed E-state index contributed by atoms with van der Waals surface area (Å²) in [6, 6.07) is 2.05. The molecule has 0 spiro atoms. The van der Waals surface area contributed by atoms with E-state index >= 15 is 0 Å². The number of halogens is 2. The van der Waals surface area contributed by atoms with Crippen molar-refractivity contribution in [3.05, 3.63) is 33.1 Å². The van der Waals surface area contributed by atoms with Crippen molar-refractivity contribution in [3.63, 3.8) is 0 Å². The summed E-state index contributed by atoms with van der Waals surface area (Å²) in [5.41, 5.74) is -0.216. The molecule has 1 atom stereocenters. The number of nitrogens with zero attached hydrogens (tertiary/aromatic N) is 1. The van der Waals surface area contributed by atoms with E-state index in [4.69, 9.17) is 16.7 Å². The lowest BCUT2D eigenvalue weighted by atomic mass is 10.2. The molecule has 4 nitrogen and oxygen atoms in total. The van der Waals surface area contributed by atoms with Gasteiger partial charge in [-0.1, -0.05) is 18.5 Å². The zero-order valence-electron chi connectivity index (χ0n) is 9.02. The standard InChI is InChI=1S/C10H11ClFNO3S/c1-6(4-14)5-17-10-3-8(12)7(11)2-9(10)13(15)16/h2-3,6,14H,4-5H2,1H3. The van der Waals surface area contributed by atoms with Crippen LogP contribution < -0.4 is 0 Å². The molecule has 17 heavy (non-hydrogen) atoms. The molecule has 0 aromatic heterocycles. The highest BCUT2D eigenvalue weighted by Crippen LogP contribution is 2.34. The molecule has 94 valence electrons. The molecule has 1 aromatic rings. The minimum absolute atomic E-state index is 0.0154. The number of aliphatic hydroxyl groups is 1. The summed E-state index contributed by atoms with van der Waals surface area (Å²) in [4.78, 5) is 10.4. The molecular weight excluding hydrogens is 269 g/mol. The van der Waals surface area contributed by atoms with Crippen molar-refractivity contribution in [2.24, 2.45) is 5.92 Å². The fraction of sp³-hybridized carbons (Fsp3) is 0.400. The van der Waals surface area contributed by atoms with Crippen molar-refractivity contribution in [1.29, 1.82) is 0 Å². The lowest BCUT2D eigenvalue weighted by molar-refractivity contribution is -0.387. The van der Waals surface area contributed by atoms with Crippen LogP contribution >= 0.6 is 23.4 Å². The third kappa shape index (κ3) is 3.83. The Bertz CT molecular complexity index is 430. The van der Waals surface area contributed by atoms with Crippen LogP contribution in [0.4, 0.5) is 10.1 Å². The maximum atomic E-state index is 13.2. The second-order valence-electron chi connectivity index (χ2n) is 3.59. The van der Waals surface area contributed by atoms with Gasteiger partial charge in [0.25, 0.3) is 5.69 Å². The second kappa shape index (κ2) is 6.18. The number of nitro benzene ring substituents is 1. The van der Waals surface area contributed by atoms with Crippen LogP contribution in [0.15, 0.2) is 17.0 Å². The smallest absolute Gasteiger partial charge is 0.284 e. The quantitative estimate of drug-likeness (QED) is 0.511. The molecule has 0 saturated heterocycles. The van der Waals surface area contributed by atoms with E-state index in [0.717, 1.165) is 23.9 Å². The van der Waals surface area contributed by atoms with Gasteiger partial charge in [0, 0.05) is 18.4 Å². The van der Waals surface area contributed by atoms with Crippen molar-refractivity contribution in [3.8, 4) is 0 Å². The van der Waals surface area contributed by atoms with Gasteiger partial charge in [0.15, 0.2) is 0 Å². The number of hydrogen-bond donors (Lipinski definition) is 1. The van der Waals surface area contributed by atoms with Gasteiger partial charge in [0.05, 0.1) is 14.8 Å². The monoisotopic (exact) mass is 279 g/mol. The average molecular weight is 280 g/mol. The van der Waals surface area contributed by atoms with E-state index in [1.807, 2.05) is 0 Å². The van der Waals surface area contributed by atoms with Crippen LogP contribution in [0.5, 0.6) is 0 Å². The minimum atomic E-state index is -0.684. The maximum Gasteiger partial charge on any atom is 0.284 e. The van der Waals surface area contributed by atoms with Crippen LogP contribution in [0.1, 0.15) is 6.92 Å². The largest absolute Gasteiger partial charge is 0.396 e. The van der Waals surface area contributed by atoms with Crippen LogP contribution in [-0.2, 0) is 0 Å². The average Bonchev–Trinajstić information content (AvgIpc) is 2.29. The Morgan fingerprint density at radius 2 is 2.29 bits per heavy atom. The molecule has 0 radical (unpaired) electrons. The van der Waals surface area contributed by atoms with Crippen molar-refractivity contribution in [1.82, 2.24) is 0 Å². The molecule has 7 heteroatoms.